The first-order valence-electron chi connectivity index (χ1n) is 11.6. The number of halogens is 1. The second-order valence-electron chi connectivity index (χ2n) is 9.00. The van der Waals surface area contributed by atoms with E-state index in [4.69, 9.17) is 16.3 Å². The lowest BCUT2D eigenvalue weighted by Crippen LogP contribution is -2.51. The van der Waals surface area contributed by atoms with Crippen LogP contribution in [0.25, 0.3) is 0 Å². The Balaban J connectivity index is 1.54. The number of likely N-dealkylation sites (tertiary alicyclic amines) is 1. The van der Waals surface area contributed by atoms with E-state index in [-0.39, 0.29) is 17.2 Å². The van der Waals surface area contributed by atoms with Crippen molar-refractivity contribution in [1.29, 1.82) is 0 Å². The van der Waals surface area contributed by atoms with Gasteiger partial charge in [0.15, 0.2) is 0 Å². The van der Waals surface area contributed by atoms with E-state index in [0.717, 1.165) is 51.5 Å². The zero-order valence-electron chi connectivity index (χ0n) is 18.4. The zero-order chi connectivity index (χ0) is 22.4. The first-order chi connectivity index (χ1) is 15.6. The van der Waals surface area contributed by atoms with Crippen molar-refractivity contribution in [3.05, 3.63) is 64.7 Å². The Hall–Kier alpha value is -2.53. The highest BCUT2D eigenvalue weighted by Crippen LogP contribution is 2.36. The van der Waals surface area contributed by atoms with Gasteiger partial charge in [0.05, 0.1) is 22.8 Å². The molecule has 6 heteroatoms. The summed E-state index contributed by atoms with van der Waals surface area (Å²) in [5.41, 5.74) is 0.988. The minimum Gasteiger partial charge on any atom is -0.493 e. The van der Waals surface area contributed by atoms with Crippen molar-refractivity contribution < 1.29 is 14.3 Å². The van der Waals surface area contributed by atoms with E-state index in [9.17, 15) is 9.59 Å². The van der Waals surface area contributed by atoms with Crippen LogP contribution in [0.5, 0.6) is 5.75 Å². The van der Waals surface area contributed by atoms with Crippen LogP contribution in [0.1, 0.15) is 65.7 Å². The van der Waals surface area contributed by atoms with E-state index >= 15 is 0 Å². The molecule has 2 aromatic carbocycles. The number of nitrogens with one attached hydrogen (secondary N) is 1. The monoisotopic (exact) mass is 454 g/mol. The van der Waals surface area contributed by atoms with Crippen molar-refractivity contribution in [1.82, 2.24) is 10.2 Å². The van der Waals surface area contributed by atoms with Gasteiger partial charge in [0.25, 0.3) is 11.8 Å². The van der Waals surface area contributed by atoms with Gasteiger partial charge >= 0.3 is 0 Å². The molecule has 0 aliphatic carbocycles. The molecule has 32 heavy (non-hydrogen) atoms. The van der Waals surface area contributed by atoms with Crippen LogP contribution in [0.3, 0.4) is 0 Å². The molecule has 2 aliphatic rings. The lowest BCUT2D eigenvalue weighted by molar-refractivity contribution is 0.0471. The summed E-state index contributed by atoms with van der Waals surface area (Å²) in [5, 5.41) is 3.65. The van der Waals surface area contributed by atoms with Gasteiger partial charge in [-0.05, 0) is 49.9 Å². The Bertz CT molecular complexity index is 964. The Morgan fingerprint density at radius 3 is 2.59 bits per heavy atom. The quantitative estimate of drug-likeness (QED) is 0.633. The van der Waals surface area contributed by atoms with E-state index in [1.54, 1.807) is 12.1 Å². The van der Waals surface area contributed by atoms with Crippen LogP contribution >= 0.6 is 11.6 Å². The number of hydrogen-bond donors (Lipinski definition) is 1. The number of carbonyl (C=O) groups is 2. The van der Waals surface area contributed by atoms with Crippen molar-refractivity contribution in [2.75, 3.05) is 26.2 Å². The number of benzene rings is 2. The smallest absolute Gasteiger partial charge is 0.255 e. The second-order valence-corrected chi connectivity index (χ2v) is 9.41. The third kappa shape index (κ3) is 5.26. The molecule has 1 fully saturated rings. The van der Waals surface area contributed by atoms with Crippen LogP contribution in [-0.2, 0) is 0 Å². The van der Waals surface area contributed by atoms with Gasteiger partial charge in [0.2, 0.25) is 0 Å². The highest BCUT2D eigenvalue weighted by molar-refractivity contribution is 6.33. The highest BCUT2D eigenvalue weighted by atomic mass is 35.5. The first-order valence-corrected chi connectivity index (χ1v) is 12.0. The molecule has 170 valence electrons. The van der Waals surface area contributed by atoms with Crippen LogP contribution in [0.15, 0.2) is 48.5 Å². The van der Waals surface area contributed by atoms with Gasteiger partial charge in [-0.3, -0.25) is 9.59 Å². The number of carbonyl (C=O) groups excluding carboxylic acids is 2. The van der Waals surface area contributed by atoms with Crippen LogP contribution in [-0.4, -0.2) is 43.0 Å². The zero-order valence-corrected chi connectivity index (χ0v) is 19.2. The van der Waals surface area contributed by atoms with Gasteiger partial charge < -0.3 is 15.0 Å². The van der Waals surface area contributed by atoms with Crippen LogP contribution in [0, 0.1) is 5.41 Å². The summed E-state index contributed by atoms with van der Waals surface area (Å²) in [7, 11) is 0. The standard InChI is InChI=1S/C26H31ClN2O3/c27-22-12-5-3-10-20(22)25(31)29-16-9-15-26(19-29)14-7-1-2-8-17-32-23-13-6-4-11-21(23)24(30)28-18-26/h3-6,10-13H,1-2,7-9,14-19H2,(H,28,30). The maximum atomic E-state index is 13.2. The minimum absolute atomic E-state index is 0.0253. The molecule has 2 aliphatic heterocycles. The first kappa shape index (κ1) is 22.7. The number of rotatable bonds is 1. The third-order valence-electron chi connectivity index (χ3n) is 6.67. The maximum Gasteiger partial charge on any atom is 0.255 e. The average Bonchev–Trinajstić information content (AvgIpc) is 2.83. The fourth-order valence-electron chi connectivity index (χ4n) is 4.90. The van der Waals surface area contributed by atoms with Crippen molar-refractivity contribution >= 4 is 23.4 Å². The average molecular weight is 455 g/mol. The SMILES string of the molecule is O=C1NCC2(CCCCCCOc3ccccc31)CCCN(C(=O)c1ccccc1Cl)C2. The maximum absolute atomic E-state index is 13.2. The molecule has 1 atom stereocenters. The van der Waals surface area contributed by atoms with Crippen molar-refractivity contribution in [2.45, 2.75) is 44.9 Å². The fourth-order valence-corrected chi connectivity index (χ4v) is 5.12. The Morgan fingerprint density at radius 1 is 0.969 bits per heavy atom. The normalized spacial score (nSPS) is 22.5. The molecule has 4 rings (SSSR count). The van der Waals surface area contributed by atoms with Crippen LogP contribution < -0.4 is 10.1 Å². The lowest BCUT2D eigenvalue weighted by atomic mass is 9.75. The summed E-state index contributed by atoms with van der Waals surface area (Å²) >= 11 is 6.30. The summed E-state index contributed by atoms with van der Waals surface area (Å²) in [4.78, 5) is 28.2. The summed E-state index contributed by atoms with van der Waals surface area (Å²) < 4.78 is 5.89. The van der Waals surface area contributed by atoms with E-state index < -0.39 is 0 Å². The molecule has 1 saturated heterocycles. The molecule has 0 aromatic heterocycles. The predicted molar refractivity (Wildman–Crippen MR) is 126 cm³/mol. The number of amides is 2. The summed E-state index contributed by atoms with van der Waals surface area (Å²) in [6.07, 6.45) is 7.18. The number of para-hydroxylation sites is 1. The van der Waals surface area contributed by atoms with Gasteiger partial charge in [-0.1, -0.05) is 55.1 Å². The van der Waals surface area contributed by atoms with E-state index in [0.29, 0.717) is 41.6 Å². The lowest BCUT2D eigenvalue weighted by Gasteiger charge is -2.43. The number of fused-ring (bicyclic) bond motifs is 1. The van der Waals surface area contributed by atoms with E-state index in [1.807, 2.05) is 41.3 Å². The summed E-state index contributed by atoms with van der Waals surface area (Å²) in [6, 6.07) is 14.6. The molecular weight excluding hydrogens is 424 g/mol. The molecule has 1 unspecified atom stereocenters. The Labute approximate surface area is 195 Å². The van der Waals surface area contributed by atoms with E-state index in [1.165, 1.54) is 0 Å². The third-order valence-corrected chi connectivity index (χ3v) is 7.00. The fraction of sp³-hybridized carbons (Fsp3) is 0.462. The number of ether oxygens (including phenoxy) is 1. The molecular formula is C26H31ClN2O3. The summed E-state index contributed by atoms with van der Waals surface area (Å²) in [6.45, 7) is 2.52. The number of piperidine rings is 1. The Kier molecular flexibility index (Phi) is 7.36. The van der Waals surface area contributed by atoms with Gasteiger partial charge in [-0.25, -0.2) is 0 Å². The molecule has 2 aromatic rings. The molecule has 2 heterocycles. The summed E-state index contributed by atoms with van der Waals surface area (Å²) in [5.74, 6) is 0.494. The highest BCUT2D eigenvalue weighted by Gasteiger charge is 2.38. The van der Waals surface area contributed by atoms with E-state index in [2.05, 4.69) is 5.32 Å². The van der Waals surface area contributed by atoms with Gasteiger partial charge in [0, 0.05) is 25.0 Å². The van der Waals surface area contributed by atoms with Crippen LogP contribution in [0.2, 0.25) is 5.02 Å². The van der Waals surface area contributed by atoms with Gasteiger partial charge in [0.1, 0.15) is 5.75 Å². The Morgan fingerprint density at radius 2 is 1.72 bits per heavy atom. The van der Waals surface area contributed by atoms with Gasteiger partial charge in [-0.2, -0.15) is 0 Å². The largest absolute Gasteiger partial charge is 0.493 e. The number of nitrogens with zero attached hydrogens (tertiary/aromatic N) is 1. The molecule has 2 amide bonds. The number of hydrogen-bond acceptors (Lipinski definition) is 3. The molecule has 0 bridgehead atoms. The molecule has 0 radical (unpaired) electrons. The second kappa shape index (κ2) is 10.4. The topological polar surface area (TPSA) is 58.6 Å². The predicted octanol–water partition coefficient (Wildman–Crippen LogP) is 5.34. The van der Waals surface area contributed by atoms with Crippen LogP contribution in [0.4, 0.5) is 0 Å². The molecule has 0 saturated carbocycles. The minimum atomic E-state index is -0.130. The molecule has 1 spiro atoms. The van der Waals surface area contributed by atoms with Gasteiger partial charge in [-0.15, -0.1) is 0 Å². The van der Waals surface area contributed by atoms with Crippen molar-refractivity contribution in [3.8, 4) is 5.75 Å². The molecule has 1 N–H and O–H groups in total. The van der Waals surface area contributed by atoms with Crippen molar-refractivity contribution in [3.63, 3.8) is 0 Å². The molecule has 5 nitrogen and oxygen atoms in total. The van der Waals surface area contributed by atoms with Crippen molar-refractivity contribution in [2.24, 2.45) is 5.41 Å².